The first-order valence-corrected chi connectivity index (χ1v) is 6.66. The van der Waals surface area contributed by atoms with Crippen LogP contribution in [0.5, 0.6) is 5.75 Å². The molecule has 0 saturated heterocycles. The molecule has 1 aromatic carbocycles. The Kier molecular flexibility index (Phi) is 3.28. The van der Waals surface area contributed by atoms with Gasteiger partial charge in [-0.2, -0.15) is 0 Å². The summed E-state index contributed by atoms with van der Waals surface area (Å²) in [6.45, 7) is 0. The minimum Gasteiger partial charge on any atom is -0.495 e. The Balaban J connectivity index is 2.23. The van der Waals surface area contributed by atoms with E-state index in [-0.39, 0.29) is 0 Å². The van der Waals surface area contributed by atoms with Crippen molar-refractivity contribution in [1.82, 2.24) is 14.5 Å². The van der Waals surface area contributed by atoms with Crippen molar-refractivity contribution in [3.63, 3.8) is 0 Å². The maximum atomic E-state index is 6.06. The Labute approximate surface area is 125 Å². The number of hydrogen-bond donors (Lipinski definition) is 0. The van der Waals surface area contributed by atoms with Crippen LogP contribution in [0.1, 0.15) is 0 Å². The van der Waals surface area contributed by atoms with Gasteiger partial charge in [-0.25, -0.2) is 4.98 Å². The molecule has 0 aliphatic carbocycles. The topological polar surface area (TPSA) is 39.9 Å². The molecule has 0 radical (unpaired) electrons. The number of nitrogens with zero attached hydrogens (tertiary/aromatic N) is 3. The lowest BCUT2D eigenvalue weighted by Gasteiger charge is -2.04. The average Bonchev–Trinajstić information content (AvgIpc) is 2.77. The second-order valence-corrected chi connectivity index (χ2v) is 5.18. The summed E-state index contributed by atoms with van der Waals surface area (Å²) in [6, 6.07) is 5.46. The van der Waals surface area contributed by atoms with Gasteiger partial charge in [0.1, 0.15) is 11.6 Å². The normalized spacial score (nSPS) is 11.0. The van der Waals surface area contributed by atoms with E-state index < -0.39 is 0 Å². The van der Waals surface area contributed by atoms with Gasteiger partial charge in [-0.15, -0.1) is 0 Å². The average molecular weight is 308 g/mol. The highest BCUT2D eigenvalue weighted by molar-refractivity contribution is 6.42. The van der Waals surface area contributed by atoms with Gasteiger partial charge in [0.05, 0.1) is 34.4 Å². The van der Waals surface area contributed by atoms with Gasteiger partial charge in [-0.05, 0) is 18.2 Å². The zero-order valence-electron chi connectivity index (χ0n) is 10.9. The number of hydrogen-bond acceptors (Lipinski definition) is 3. The van der Waals surface area contributed by atoms with Crippen LogP contribution in [0.3, 0.4) is 0 Å². The molecule has 0 bridgehead atoms. The molecule has 0 saturated carbocycles. The summed E-state index contributed by atoms with van der Waals surface area (Å²) in [4.78, 5) is 8.73. The predicted molar refractivity (Wildman–Crippen MR) is 80.5 cm³/mol. The van der Waals surface area contributed by atoms with Crippen molar-refractivity contribution in [2.75, 3.05) is 7.11 Å². The molecule has 6 heteroatoms. The number of halogens is 2. The molecule has 102 valence electrons. The van der Waals surface area contributed by atoms with Gasteiger partial charge in [0.25, 0.3) is 0 Å². The first-order chi connectivity index (χ1) is 9.60. The smallest absolute Gasteiger partial charge is 0.142 e. The number of aromatic nitrogens is 3. The Hall–Kier alpha value is -1.78. The Morgan fingerprint density at radius 2 is 1.85 bits per heavy atom. The maximum Gasteiger partial charge on any atom is 0.142 e. The second kappa shape index (κ2) is 4.96. The third-order valence-electron chi connectivity index (χ3n) is 3.13. The minimum absolute atomic E-state index is 0.493. The number of aryl methyl sites for hydroxylation is 1. The molecule has 0 aliphatic heterocycles. The monoisotopic (exact) mass is 307 g/mol. The Morgan fingerprint density at radius 1 is 1.10 bits per heavy atom. The number of ether oxygens (including phenoxy) is 1. The molecule has 0 spiro atoms. The van der Waals surface area contributed by atoms with Crippen molar-refractivity contribution < 1.29 is 4.74 Å². The van der Waals surface area contributed by atoms with Crippen molar-refractivity contribution >= 4 is 34.2 Å². The number of imidazole rings is 1. The highest BCUT2D eigenvalue weighted by atomic mass is 35.5. The van der Waals surface area contributed by atoms with E-state index in [2.05, 4.69) is 9.97 Å². The number of benzene rings is 1. The lowest BCUT2D eigenvalue weighted by molar-refractivity contribution is 0.413. The lowest BCUT2D eigenvalue weighted by atomic mass is 10.2. The third kappa shape index (κ3) is 2.11. The standard InChI is InChI=1S/C14H11Cl2N3O/c1-19-13-5-11(16)10(15)4-12(13)18-14(19)8-3-9(20-2)7-17-6-8/h3-7H,1-2H3. The Morgan fingerprint density at radius 3 is 2.60 bits per heavy atom. The second-order valence-electron chi connectivity index (χ2n) is 4.36. The van der Waals surface area contributed by atoms with Gasteiger partial charge < -0.3 is 9.30 Å². The van der Waals surface area contributed by atoms with E-state index in [0.29, 0.717) is 15.8 Å². The fourth-order valence-electron chi connectivity index (χ4n) is 2.10. The van der Waals surface area contributed by atoms with Gasteiger partial charge >= 0.3 is 0 Å². The molecule has 20 heavy (non-hydrogen) atoms. The zero-order chi connectivity index (χ0) is 14.3. The van der Waals surface area contributed by atoms with Crippen molar-refractivity contribution in [3.8, 4) is 17.1 Å². The molecule has 0 unspecified atom stereocenters. The summed E-state index contributed by atoms with van der Waals surface area (Å²) >= 11 is 12.1. The zero-order valence-corrected chi connectivity index (χ0v) is 12.4. The van der Waals surface area contributed by atoms with E-state index in [9.17, 15) is 0 Å². The molecule has 4 nitrogen and oxygen atoms in total. The van der Waals surface area contributed by atoms with Crippen LogP contribution < -0.4 is 4.74 Å². The fourth-order valence-corrected chi connectivity index (χ4v) is 2.41. The largest absolute Gasteiger partial charge is 0.495 e. The van der Waals surface area contributed by atoms with Crippen molar-refractivity contribution in [1.29, 1.82) is 0 Å². The summed E-state index contributed by atoms with van der Waals surface area (Å²) in [5, 5.41) is 1.00. The minimum atomic E-state index is 0.493. The number of rotatable bonds is 2. The van der Waals surface area contributed by atoms with E-state index in [0.717, 1.165) is 22.4 Å². The highest BCUT2D eigenvalue weighted by Gasteiger charge is 2.13. The molecule has 3 aromatic rings. The summed E-state index contributed by atoms with van der Waals surface area (Å²) in [7, 11) is 3.53. The van der Waals surface area contributed by atoms with Crippen LogP contribution in [0.15, 0.2) is 30.6 Å². The van der Waals surface area contributed by atoms with Gasteiger partial charge in [0.2, 0.25) is 0 Å². The molecule has 2 heterocycles. The molecular weight excluding hydrogens is 297 g/mol. The molecule has 2 aromatic heterocycles. The maximum absolute atomic E-state index is 6.06. The number of pyridine rings is 1. The van der Waals surface area contributed by atoms with E-state index in [1.807, 2.05) is 23.7 Å². The molecule has 0 atom stereocenters. The first-order valence-electron chi connectivity index (χ1n) is 5.91. The van der Waals surface area contributed by atoms with Crippen LogP contribution in [0, 0.1) is 0 Å². The first kappa shape index (κ1) is 13.2. The van der Waals surface area contributed by atoms with Crippen molar-refractivity contribution in [2.45, 2.75) is 0 Å². The molecular formula is C14H11Cl2N3O. The van der Waals surface area contributed by atoms with Crippen LogP contribution in [0.4, 0.5) is 0 Å². The van der Waals surface area contributed by atoms with E-state index in [4.69, 9.17) is 27.9 Å². The third-order valence-corrected chi connectivity index (χ3v) is 3.85. The summed E-state index contributed by atoms with van der Waals surface area (Å²) in [5.41, 5.74) is 2.58. The number of fused-ring (bicyclic) bond motifs is 1. The van der Waals surface area contributed by atoms with E-state index in [1.165, 1.54) is 0 Å². The molecule has 0 N–H and O–H groups in total. The van der Waals surface area contributed by atoms with Crippen LogP contribution in [0.25, 0.3) is 22.4 Å². The summed E-state index contributed by atoms with van der Waals surface area (Å²) < 4.78 is 7.14. The predicted octanol–water partition coefficient (Wildman–Crippen LogP) is 3.95. The molecule has 0 fully saturated rings. The van der Waals surface area contributed by atoms with E-state index in [1.54, 1.807) is 25.6 Å². The Bertz CT molecular complexity index is 798. The van der Waals surface area contributed by atoms with Crippen LogP contribution in [-0.2, 0) is 7.05 Å². The molecule has 3 rings (SSSR count). The van der Waals surface area contributed by atoms with Gasteiger partial charge in [-0.3, -0.25) is 4.98 Å². The summed E-state index contributed by atoms with van der Waals surface area (Å²) in [5.74, 6) is 1.47. The van der Waals surface area contributed by atoms with Gasteiger partial charge in [0, 0.05) is 18.8 Å². The van der Waals surface area contributed by atoms with Crippen LogP contribution >= 0.6 is 23.2 Å². The molecule has 0 amide bonds. The number of methoxy groups -OCH3 is 1. The highest BCUT2D eigenvalue weighted by Crippen LogP contribution is 2.31. The van der Waals surface area contributed by atoms with E-state index >= 15 is 0 Å². The fraction of sp³-hybridized carbons (Fsp3) is 0.143. The van der Waals surface area contributed by atoms with Crippen molar-refractivity contribution in [3.05, 3.63) is 40.6 Å². The van der Waals surface area contributed by atoms with Crippen molar-refractivity contribution in [2.24, 2.45) is 7.05 Å². The van der Waals surface area contributed by atoms with Gasteiger partial charge in [-0.1, -0.05) is 23.2 Å². The van der Waals surface area contributed by atoms with Gasteiger partial charge in [0.15, 0.2) is 0 Å². The quantitative estimate of drug-likeness (QED) is 0.719. The van der Waals surface area contributed by atoms with Crippen LogP contribution in [0.2, 0.25) is 10.0 Å². The summed E-state index contributed by atoms with van der Waals surface area (Å²) in [6.07, 6.45) is 3.40. The SMILES string of the molecule is COc1cncc(-c2nc3cc(Cl)c(Cl)cc3n2C)c1. The molecule has 0 aliphatic rings. The van der Waals surface area contributed by atoms with Crippen LogP contribution in [-0.4, -0.2) is 21.6 Å². The lowest BCUT2D eigenvalue weighted by Crippen LogP contribution is -1.94.